The molecule has 5 heteroatoms. The molecule has 1 aliphatic heterocycles. The number of hydrogen-bond acceptors (Lipinski definition) is 3. The smallest absolute Gasteiger partial charge is 0.330 e. The van der Waals surface area contributed by atoms with Crippen LogP contribution in [0.25, 0.3) is 0 Å². The second kappa shape index (κ2) is 3.57. The van der Waals surface area contributed by atoms with Crippen molar-refractivity contribution in [3.8, 4) is 0 Å². The van der Waals surface area contributed by atoms with Gasteiger partial charge in [-0.2, -0.15) is 11.8 Å². The number of carboxylic acid groups (broad SMARTS) is 1. The molecule has 13 heavy (non-hydrogen) atoms. The highest BCUT2D eigenvalue weighted by Gasteiger charge is 2.45. The number of amides is 1. The van der Waals surface area contributed by atoms with Gasteiger partial charge in [0.15, 0.2) is 0 Å². The maximum absolute atomic E-state index is 11.0. The van der Waals surface area contributed by atoms with E-state index in [0.717, 1.165) is 0 Å². The molecule has 1 saturated heterocycles. The number of carboxylic acids is 1. The first-order chi connectivity index (χ1) is 5.96. The van der Waals surface area contributed by atoms with Gasteiger partial charge >= 0.3 is 5.97 Å². The molecule has 1 aliphatic rings. The van der Waals surface area contributed by atoms with Crippen LogP contribution >= 0.6 is 11.8 Å². The Morgan fingerprint density at radius 1 is 1.62 bits per heavy atom. The van der Waals surface area contributed by atoms with E-state index in [1.807, 2.05) is 6.92 Å². The van der Waals surface area contributed by atoms with E-state index in [-0.39, 0.29) is 5.91 Å². The van der Waals surface area contributed by atoms with E-state index in [1.165, 1.54) is 6.92 Å². The fourth-order valence-corrected chi connectivity index (χ4v) is 2.80. The summed E-state index contributed by atoms with van der Waals surface area (Å²) < 4.78 is 0. The summed E-state index contributed by atoms with van der Waals surface area (Å²) in [5.74, 6) is -0.750. The molecular weight excluding hydrogens is 190 g/mol. The normalized spacial score (nSPS) is 32.9. The summed E-state index contributed by atoms with van der Waals surface area (Å²) >= 11 is 1.58. The topological polar surface area (TPSA) is 66.4 Å². The molecule has 74 valence electrons. The molecule has 2 unspecified atom stereocenters. The van der Waals surface area contributed by atoms with Crippen molar-refractivity contribution >= 4 is 23.6 Å². The molecule has 1 heterocycles. The molecule has 0 saturated carbocycles. The van der Waals surface area contributed by atoms with Gasteiger partial charge in [0.25, 0.3) is 0 Å². The van der Waals surface area contributed by atoms with E-state index >= 15 is 0 Å². The highest BCUT2D eigenvalue weighted by Crippen LogP contribution is 2.34. The van der Waals surface area contributed by atoms with E-state index < -0.39 is 11.5 Å². The zero-order valence-corrected chi connectivity index (χ0v) is 8.48. The first kappa shape index (κ1) is 10.4. The monoisotopic (exact) mass is 203 g/mol. The molecule has 4 nitrogen and oxygen atoms in total. The Labute approximate surface area is 81.1 Å². The summed E-state index contributed by atoms with van der Waals surface area (Å²) in [6, 6.07) is 0. The van der Waals surface area contributed by atoms with Crippen LogP contribution in [0.4, 0.5) is 0 Å². The Morgan fingerprint density at radius 3 is 2.54 bits per heavy atom. The quantitative estimate of drug-likeness (QED) is 0.684. The predicted octanol–water partition coefficient (Wildman–Crippen LogP) is 0.471. The minimum absolute atomic E-state index is 0.280. The molecule has 1 amide bonds. The zero-order chi connectivity index (χ0) is 10.1. The van der Waals surface area contributed by atoms with Crippen LogP contribution in [0.3, 0.4) is 0 Å². The van der Waals surface area contributed by atoms with Crippen molar-refractivity contribution in [1.29, 1.82) is 0 Å². The Bertz CT molecular complexity index is 244. The Hall–Kier alpha value is -0.710. The van der Waals surface area contributed by atoms with E-state index in [1.54, 1.807) is 11.8 Å². The van der Waals surface area contributed by atoms with Crippen molar-refractivity contribution in [2.75, 3.05) is 5.75 Å². The molecule has 2 N–H and O–H groups in total. The van der Waals surface area contributed by atoms with Gasteiger partial charge in [-0.25, -0.2) is 4.79 Å². The largest absolute Gasteiger partial charge is 0.479 e. The zero-order valence-electron chi connectivity index (χ0n) is 7.66. The van der Waals surface area contributed by atoms with Gasteiger partial charge in [-0.15, -0.1) is 0 Å². The van der Waals surface area contributed by atoms with Crippen LogP contribution in [0.2, 0.25) is 0 Å². The Morgan fingerprint density at radius 2 is 2.23 bits per heavy atom. The average Bonchev–Trinajstić information content (AvgIpc) is 2.31. The lowest BCUT2D eigenvalue weighted by atomic mass is 9.96. The SMILES string of the molecule is CC(=O)NC1(C(=O)O)CSC(C)C1. The van der Waals surface area contributed by atoms with Crippen molar-refractivity contribution < 1.29 is 14.7 Å². The fraction of sp³-hybridized carbons (Fsp3) is 0.750. The third-order valence-electron chi connectivity index (χ3n) is 2.07. The third-order valence-corrected chi connectivity index (χ3v) is 3.47. The first-order valence-corrected chi connectivity index (χ1v) is 5.15. The minimum Gasteiger partial charge on any atom is -0.479 e. The first-order valence-electron chi connectivity index (χ1n) is 4.10. The van der Waals surface area contributed by atoms with Crippen molar-refractivity contribution in [3.05, 3.63) is 0 Å². The molecule has 2 atom stereocenters. The van der Waals surface area contributed by atoms with Crippen LogP contribution in [0, 0.1) is 0 Å². The predicted molar refractivity (Wildman–Crippen MR) is 50.7 cm³/mol. The lowest BCUT2D eigenvalue weighted by Gasteiger charge is -2.23. The van der Waals surface area contributed by atoms with E-state index in [2.05, 4.69) is 5.32 Å². The molecule has 0 aromatic carbocycles. The van der Waals surface area contributed by atoms with Crippen LogP contribution in [-0.4, -0.2) is 33.5 Å². The lowest BCUT2D eigenvalue weighted by Crippen LogP contribution is -2.54. The minimum atomic E-state index is -1.03. The lowest BCUT2D eigenvalue weighted by molar-refractivity contribution is -0.146. The number of rotatable bonds is 2. The van der Waals surface area contributed by atoms with Crippen LogP contribution in [-0.2, 0) is 9.59 Å². The number of carbonyl (C=O) groups excluding carboxylic acids is 1. The Kier molecular flexibility index (Phi) is 2.85. The molecule has 1 rings (SSSR count). The van der Waals surface area contributed by atoms with Gasteiger partial charge in [0.05, 0.1) is 0 Å². The highest BCUT2D eigenvalue weighted by molar-refractivity contribution is 8.00. The number of nitrogens with one attached hydrogen (secondary N) is 1. The standard InChI is InChI=1S/C8H13NO3S/c1-5-3-8(4-13-5,7(11)12)9-6(2)10/h5H,3-4H2,1-2H3,(H,9,10)(H,11,12). The highest BCUT2D eigenvalue weighted by atomic mass is 32.2. The van der Waals surface area contributed by atoms with Gasteiger partial charge in [-0.3, -0.25) is 4.79 Å². The number of thioether (sulfide) groups is 1. The van der Waals surface area contributed by atoms with Crippen LogP contribution < -0.4 is 5.32 Å². The molecule has 0 aromatic rings. The Balaban J connectivity index is 2.77. The second-order valence-corrected chi connectivity index (χ2v) is 4.82. The molecule has 0 aromatic heterocycles. The molecule has 0 spiro atoms. The van der Waals surface area contributed by atoms with Gasteiger partial charge in [-0.1, -0.05) is 6.92 Å². The van der Waals surface area contributed by atoms with Crippen molar-refractivity contribution in [2.45, 2.75) is 31.1 Å². The summed E-state index contributed by atoms with van der Waals surface area (Å²) in [6.07, 6.45) is 0.507. The fourth-order valence-electron chi connectivity index (χ4n) is 1.52. The number of carbonyl (C=O) groups is 2. The van der Waals surface area contributed by atoms with Crippen molar-refractivity contribution in [2.24, 2.45) is 0 Å². The van der Waals surface area contributed by atoms with Crippen molar-refractivity contribution in [1.82, 2.24) is 5.32 Å². The van der Waals surface area contributed by atoms with Crippen LogP contribution in [0.5, 0.6) is 0 Å². The van der Waals surface area contributed by atoms with Gasteiger partial charge in [0.2, 0.25) is 5.91 Å². The summed E-state index contributed by atoms with van der Waals surface area (Å²) in [6.45, 7) is 3.31. The maximum Gasteiger partial charge on any atom is 0.330 e. The molecule has 1 fully saturated rings. The van der Waals surface area contributed by atoms with Gasteiger partial charge in [0, 0.05) is 17.9 Å². The van der Waals surface area contributed by atoms with Gasteiger partial charge in [0.1, 0.15) is 5.54 Å². The second-order valence-electron chi connectivity index (χ2n) is 3.39. The maximum atomic E-state index is 11.0. The van der Waals surface area contributed by atoms with E-state index in [9.17, 15) is 9.59 Å². The van der Waals surface area contributed by atoms with E-state index in [0.29, 0.717) is 17.4 Å². The number of aliphatic carboxylic acids is 1. The summed E-state index contributed by atoms with van der Waals surface area (Å²) in [5.41, 5.74) is -1.03. The average molecular weight is 203 g/mol. The van der Waals surface area contributed by atoms with E-state index in [4.69, 9.17) is 5.11 Å². The molecular formula is C8H13NO3S. The molecule has 0 bridgehead atoms. The van der Waals surface area contributed by atoms with Gasteiger partial charge < -0.3 is 10.4 Å². The van der Waals surface area contributed by atoms with Crippen molar-refractivity contribution in [3.63, 3.8) is 0 Å². The summed E-state index contributed by atoms with van der Waals surface area (Å²) in [7, 11) is 0. The van der Waals surface area contributed by atoms with Gasteiger partial charge in [-0.05, 0) is 6.42 Å². The molecule has 0 radical (unpaired) electrons. The number of hydrogen-bond donors (Lipinski definition) is 2. The molecule has 0 aliphatic carbocycles. The third kappa shape index (κ3) is 2.15. The summed E-state index contributed by atoms with van der Waals surface area (Å²) in [4.78, 5) is 21.8. The summed E-state index contributed by atoms with van der Waals surface area (Å²) in [5, 5.41) is 11.8. The van der Waals surface area contributed by atoms with Crippen LogP contribution in [0.1, 0.15) is 20.3 Å². The van der Waals surface area contributed by atoms with Crippen LogP contribution in [0.15, 0.2) is 0 Å².